The van der Waals surface area contributed by atoms with Gasteiger partial charge in [-0.25, -0.2) is 13.2 Å². The van der Waals surface area contributed by atoms with Gasteiger partial charge in [0.05, 0.1) is 4.90 Å². The number of sulfonamides is 1. The Balaban J connectivity index is 2.23. The highest BCUT2D eigenvalue weighted by molar-refractivity contribution is 7.92. The van der Waals surface area contributed by atoms with Crippen molar-refractivity contribution in [3.63, 3.8) is 0 Å². The zero-order chi connectivity index (χ0) is 16.2. The molecule has 22 heavy (non-hydrogen) atoms. The van der Waals surface area contributed by atoms with Crippen molar-refractivity contribution in [1.29, 1.82) is 0 Å². The lowest BCUT2D eigenvalue weighted by Gasteiger charge is -2.08. The Morgan fingerprint density at radius 3 is 2.18 bits per heavy atom. The number of hydrogen-bond acceptors (Lipinski definition) is 3. The number of anilines is 1. The van der Waals surface area contributed by atoms with E-state index in [0.29, 0.717) is 11.3 Å². The summed E-state index contributed by atoms with van der Waals surface area (Å²) >= 11 is 0. The Kier molecular flexibility index (Phi) is 4.62. The quantitative estimate of drug-likeness (QED) is 0.830. The van der Waals surface area contributed by atoms with Gasteiger partial charge in [-0.15, -0.1) is 0 Å². The van der Waals surface area contributed by atoms with Crippen molar-refractivity contribution < 1.29 is 18.3 Å². The van der Waals surface area contributed by atoms with E-state index in [1.807, 2.05) is 0 Å². The van der Waals surface area contributed by atoms with Crippen molar-refractivity contribution >= 4 is 27.8 Å². The minimum absolute atomic E-state index is 0.112. The summed E-state index contributed by atoms with van der Waals surface area (Å²) in [5.74, 6) is -1.01. The van der Waals surface area contributed by atoms with Gasteiger partial charge in [-0.3, -0.25) is 4.72 Å². The molecule has 5 nitrogen and oxygen atoms in total. The number of carbonyl (C=O) groups is 1. The van der Waals surface area contributed by atoms with Crippen LogP contribution in [0.5, 0.6) is 0 Å². The third kappa shape index (κ3) is 3.95. The monoisotopic (exact) mass is 317 g/mol. The SMILES string of the molecule is CC(=Cc1ccc(S(=O)(=O)Nc2ccccc2)cc1)C(=O)O. The van der Waals surface area contributed by atoms with E-state index < -0.39 is 16.0 Å². The van der Waals surface area contributed by atoms with Crippen molar-refractivity contribution in [2.24, 2.45) is 0 Å². The van der Waals surface area contributed by atoms with Crippen molar-refractivity contribution in [3.05, 3.63) is 65.7 Å². The summed E-state index contributed by atoms with van der Waals surface area (Å²) in [6.07, 6.45) is 1.48. The van der Waals surface area contributed by atoms with E-state index in [2.05, 4.69) is 4.72 Å². The molecule has 2 aromatic carbocycles. The Hall–Kier alpha value is -2.60. The van der Waals surface area contributed by atoms with Crippen molar-refractivity contribution in [2.75, 3.05) is 4.72 Å². The summed E-state index contributed by atoms with van der Waals surface area (Å²) in [4.78, 5) is 10.9. The Labute approximate surface area is 129 Å². The van der Waals surface area contributed by atoms with E-state index in [1.165, 1.54) is 25.1 Å². The van der Waals surface area contributed by atoms with Crippen molar-refractivity contribution in [1.82, 2.24) is 0 Å². The van der Waals surface area contributed by atoms with E-state index in [4.69, 9.17) is 5.11 Å². The molecule has 0 aromatic heterocycles. The van der Waals surface area contributed by atoms with Crippen molar-refractivity contribution in [2.45, 2.75) is 11.8 Å². The van der Waals surface area contributed by atoms with Gasteiger partial charge in [-0.1, -0.05) is 30.3 Å². The summed E-state index contributed by atoms with van der Waals surface area (Å²) in [5, 5.41) is 8.82. The number of nitrogens with one attached hydrogen (secondary N) is 1. The van der Waals surface area contributed by atoms with Crippen LogP contribution in [0.15, 0.2) is 65.1 Å². The number of hydrogen-bond donors (Lipinski definition) is 2. The fraction of sp³-hybridized carbons (Fsp3) is 0.0625. The minimum atomic E-state index is -3.66. The number of rotatable bonds is 5. The van der Waals surface area contributed by atoms with Crippen LogP contribution >= 0.6 is 0 Å². The lowest BCUT2D eigenvalue weighted by molar-refractivity contribution is -0.132. The van der Waals surface area contributed by atoms with Crippen LogP contribution in [-0.2, 0) is 14.8 Å². The van der Waals surface area contributed by atoms with E-state index in [9.17, 15) is 13.2 Å². The molecule has 0 saturated heterocycles. The van der Waals surface area contributed by atoms with Gasteiger partial charge >= 0.3 is 5.97 Å². The molecule has 2 aromatic rings. The molecular formula is C16H15NO4S. The molecule has 0 amide bonds. The van der Waals surface area contributed by atoms with Gasteiger partial charge < -0.3 is 5.11 Å². The largest absolute Gasteiger partial charge is 0.478 e. The Morgan fingerprint density at radius 2 is 1.64 bits per heavy atom. The van der Waals surface area contributed by atoms with Crippen LogP contribution in [0.25, 0.3) is 6.08 Å². The number of carboxylic acids is 1. The second-order valence-electron chi connectivity index (χ2n) is 4.67. The zero-order valence-electron chi connectivity index (χ0n) is 11.9. The van der Waals surface area contributed by atoms with E-state index in [1.54, 1.807) is 42.5 Å². The highest BCUT2D eigenvalue weighted by Gasteiger charge is 2.13. The molecule has 0 heterocycles. The average molecular weight is 317 g/mol. The molecule has 0 atom stereocenters. The minimum Gasteiger partial charge on any atom is -0.478 e. The first-order chi connectivity index (χ1) is 10.4. The zero-order valence-corrected chi connectivity index (χ0v) is 12.7. The second-order valence-corrected chi connectivity index (χ2v) is 6.36. The maximum absolute atomic E-state index is 12.2. The summed E-state index contributed by atoms with van der Waals surface area (Å²) in [6, 6.07) is 14.6. The lowest BCUT2D eigenvalue weighted by Crippen LogP contribution is -2.12. The molecule has 2 N–H and O–H groups in total. The van der Waals surface area contributed by atoms with Gasteiger partial charge in [-0.05, 0) is 42.8 Å². The molecule has 0 aliphatic carbocycles. The number of aliphatic carboxylic acids is 1. The van der Waals surface area contributed by atoms with Crippen LogP contribution in [0, 0.1) is 0 Å². The van der Waals surface area contributed by atoms with Crippen LogP contribution < -0.4 is 4.72 Å². The third-order valence-corrected chi connectivity index (χ3v) is 4.33. The fourth-order valence-corrected chi connectivity index (χ4v) is 2.83. The first kappa shape index (κ1) is 15.8. The van der Waals surface area contributed by atoms with E-state index in [0.717, 1.165) is 0 Å². The van der Waals surface area contributed by atoms with Crippen LogP contribution in [0.1, 0.15) is 12.5 Å². The predicted molar refractivity (Wildman–Crippen MR) is 85.0 cm³/mol. The molecule has 0 spiro atoms. The Morgan fingerprint density at radius 1 is 1.05 bits per heavy atom. The molecule has 0 unspecified atom stereocenters. The Bertz CT molecular complexity index is 794. The molecule has 0 bridgehead atoms. The average Bonchev–Trinajstić information content (AvgIpc) is 2.48. The summed E-state index contributed by atoms with van der Waals surface area (Å²) in [5.41, 5.74) is 1.28. The third-order valence-electron chi connectivity index (χ3n) is 2.94. The second kappa shape index (κ2) is 6.44. The standard InChI is InChI=1S/C16H15NO4S/c1-12(16(18)19)11-13-7-9-15(10-8-13)22(20,21)17-14-5-3-2-4-6-14/h2-11,17H,1H3,(H,18,19). The van der Waals surface area contributed by atoms with Gasteiger partial charge in [0.25, 0.3) is 10.0 Å². The number of carboxylic acid groups (broad SMARTS) is 1. The highest BCUT2D eigenvalue weighted by Crippen LogP contribution is 2.17. The van der Waals surface area contributed by atoms with Gasteiger partial charge in [0, 0.05) is 11.3 Å². The van der Waals surface area contributed by atoms with Crippen LogP contribution in [0.4, 0.5) is 5.69 Å². The van der Waals surface area contributed by atoms with Crippen LogP contribution in [-0.4, -0.2) is 19.5 Å². The van der Waals surface area contributed by atoms with Gasteiger partial charge in [0.1, 0.15) is 0 Å². The maximum Gasteiger partial charge on any atom is 0.331 e. The van der Waals surface area contributed by atoms with E-state index >= 15 is 0 Å². The lowest BCUT2D eigenvalue weighted by atomic mass is 10.1. The first-order valence-electron chi connectivity index (χ1n) is 6.48. The smallest absolute Gasteiger partial charge is 0.331 e. The molecule has 0 saturated carbocycles. The fourth-order valence-electron chi connectivity index (χ4n) is 1.78. The normalized spacial score (nSPS) is 12.0. The highest BCUT2D eigenvalue weighted by atomic mass is 32.2. The summed E-state index contributed by atoms with van der Waals surface area (Å²) in [7, 11) is -3.66. The van der Waals surface area contributed by atoms with Crippen LogP contribution in [0.3, 0.4) is 0 Å². The predicted octanol–water partition coefficient (Wildman–Crippen LogP) is 2.98. The van der Waals surface area contributed by atoms with Gasteiger partial charge in [-0.2, -0.15) is 0 Å². The van der Waals surface area contributed by atoms with Gasteiger partial charge in [0.2, 0.25) is 0 Å². The first-order valence-corrected chi connectivity index (χ1v) is 7.96. The molecule has 0 aliphatic rings. The summed E-state index contributed by atoms with van der Waals surface area (Å²) in [6.45, 7) is 1.48. The van der Waals surface area contributed by atoms with Crippen LogP contribution in [0.2, 0.25) is 0 Å². The number of para-hydroxylation sites is 1. The molecule has 2 rings (SSSR count). The summed E-state index contributed by atoms with van der Waals surface area (Å²) < 4.78 is 26.9. The molecule has 0 fully saturated rings. The topological polar surface area (TPSA) is 83.5 Å². The molecular weight excluding hydrogens is 302 g/mol. The van der Waals surface area contributed by atoms with Gasteiger partial charge in [0.15, 0.2) is 0 Å². The molecule has 6 heteroatoms. The van der Waals surface area contributed by atoms with Crippen molar-refractivity contribution in [3.8, 4) is 0 Å². The molecule has 114 valence electrons. The number of benzene rings is 2. The van der Waals surface area contributed by atoms with E-state index in [-0.39, 0.29) is 10.5 Å². The molecule has 0 aliphatic heterocycles. The molecule has 0 radical (unpaired) electrons. The maximum atomic E-state index is 12.2.